The molecule has 5 heteroatoms. The average Bonchev–Trinajstić information content (AvgIpc) is 2.95. The highest BCUT2D eigenvalue weighted by Gasteiger charge is 2.20. The maximum Gasteiger partial charge on any atom is 0.341 e. The van der Waals surface area contributed by atoms with Gasteiger partial charge in [0.15, 0.2) is 0 Å². The van der Waals surface area contributed by atoms with E-state index in [1.807, 2.05) is 38.1 Å². The van der Waals surface area contributed by atoms with Gasteiger partial charge in [0.1, 0.15) is 12.2 Å². The summed E-state index contributed by atoms with van der Waals surface area (Å²) in [6, 6.07) is 7.95. The van der Waals surface area contributed by atoms with Crippen LogP contribution in [0.5, 0.6) is 0 Å². The molecule has 1 saturated heterocycles. The van der Waals surface area contributed by atoms with Crippen molar-refractivity contribution < 1.29 is 14.3 Å². The van der Waals surface area contributed by atoms with Crippen LogP contribution in [-0.2, 0) is 9.47 Å². The minimum absolute atomic E-state index is 0.0272. The molecule has 1 aromatic heterocycles. The summed E-state index contributed by atoms with van der Waals surface area (Å²) in [5.74, 6) is -0.337. The van der Waals surface area contributed by atoms with Crippen molar-refractivity contribution >= 4 is 5.97 Å². The van der Waals surface area contributed by atoms with Crippen molar-refractivity contribution in [1.29, 1.82) is 0 Å². The molecule has 2 heterocycles. The fraction of sp³-hybridized carbons (Fsp3) is 0.444. The number of rotatable bonds is 4. The molecule has 0 radical (unpaired) electrons. The first-order valence-corrected chi connectivity index (χ1v) is 8.06. The van der Waals surface area contributed by atoms with Crippen molar-refractivity contribution in [3.05, 3.63) is 47.3 Å². The highest BCUT2D eigenvalue weighted by Crippen LogP contribution is 2.19. The standard InChI is InChI=1S/C18H22N2O3/c1-13-7-3-4-9-17(13)20-14(2)16(11-19-20)18(21)23-12-15-8-5-6-10-22-15/h3-4,7,9,11,15H,5-6,8,10,12H2,1-2H3. The van der Waals surface area contributed by atoms with E-state index < -0.39 is 0 Å². The predicted octanol–water partition coefficient (Wildman–Crippen LogP) is 3.22. The molecule has 23 heavy (non-hydrogen) atoms. The van der Waals surface area contributed by atoms with Crippen LogP contribution < -0.4 is 0 Å². The van der Waals surface area contributed by atoms with Gasteiger partial charge < -0.3 is 9.47 Å². The van der Waals surface area contributed by atoms with Crippen LogP contribution in [0.1, 0.15) is 40.9 Å². The van der Waals surface area contributed by atoms with E-state index in [-0.39, 0.29) is 12.1 Å². The van der Waals surface area contributed by atoms with E-state index >= 15 is 0 Å². The van der Waals surface area contributed by atoms with E-state index in [2.05, 4.69) is 5.10 Å². The van der Waals surface area contributed by atoms with Crippen LogP contribution in [0.4, 0.5) is 0 Å². The Morgan fingerprint density at radius 1 is 1.35 bits per heavy atom. The second-order valence-corrected chi connectivity index (χ2v) is 5.93. The number of carbonyl (C=O) groups excluding carboxylic acids is 1. The first-order chi connectivity index (χ1) is 11.2. The molecular formula is C18H22N2O3. The summed E-state index contributed by atoms with van der Waals surface area (Å²) in [6.45, 7) is 4.97. The van der Waals surface area contributed by atoms with Crippen molar-refractivity contribution in [2.45, 2.75) is 39.2 Å². The third-order valence-corrected chi connectivity index (χ3v) is 4.25. The molecule has 3 rings (SSSR count). The van der Waals surface area contributed by atoms with Gasteiger partial charge in [0, 0.05) is 6.61 Å². The fourth-order valence-electron chi connectivity index (χ4n) is 2.84. The molecule has 1 fully saturated rings. The molecule has 1 aliphatic rings. The maximum atomic E-state index is 12.3. The zero-order chi connectivity index (χ0) is 16.2. The Bertz CT molecular complexity index is 687. The highest BCUT2D eigenvalue weighted by atomic mass is 16.6. The number of para-hydroxylation sites is 1. The van der Waals surface area contributed by atoms with Gasteiger partial charge in [-0.1, -0.05) is 18.2 Å². The predicted molar refractivity (Wildman–Crippen MR) is 86.9 cm³/mol. The molecule has 0 bridgehead atoms. The van der Waals surface area contributed by atoms with Crippen molar-refractivity contribution in [2.24, 2.45) is 0 Å². The lowest BCUT2D eigenvalue weighted by atomic mass is 10.1. The van der Waals surface area contributed by atoms with Crippen LogP contribution in [0.3, 0.4) is 0 Å². The summed E-state index contributed by atoms with van der Waals surface area (Å²) >= 11 is 0. The molecule has 1 aromatic carbocycles. The number of aromatic nitrogens is 2. The van der Waals surface area contributed by atoms with Gasteiger partial charge >= 0.3 is 5.97 Å². The van der Waals surface area contributed by atoms with E-state index in [0.717, 1.165) is 42.8 Å². The molecular weight excluding hydrogens is 292 g/mol. The van der Waals surface area contributed by atoms with Crippen LogP contribution in [0, 0.1) is 13.8 Å². The Hall–Kier alpha value is -2.14. The Labute approximate surface area is 136 Å². The number of aryl methyl sites for hydroxylation is 1. The summed E-state index contributed by atoms with van der Waals surface area (Å²) in [5, 5.41) is 4.35. The van der Waals surface area contributed by atoms with Gasteiger partial charge in [-0.2, -0.15) is 5.10 Å². The van der Waals surface area contributed by atoms with Crippen molar-refractivity contribution in [3.63, 3.8) is 0 Å². The summed E-state index contributed by atoms with van der Waals surface area (Å²) < 4.78 is 12.8. The van der Waals surface area contributed by atoms with Crippen LogP contribution in [0.15, 0.2) is 30.5 Å². The van der Waals surface area contributed by atoms with Gasteiger partial charge in [-0.25, -0.2) is 9.48 Å². The summed E-state index contributed by atoms with van der Waals surface area (Å²) in [5.41, 5.74) is 3.37. The van der Waals surface area contributed by atoms with Gasteiger partial charge in [-0.15, -0.1) is 0 Å². The lowest BCUT2D eigenvalue weighted by Crippen LogP contribution is -2.26. The molecule has 0 amide bonds. The maximum absolute atomic E-state index is 12.3. The minimum atomic E-state index is -0.337. The Morgan fingerprint density at radius 3 is 2.91 bits per heavy atom. The molecule has 1 unspecified atom stereocenters. The van der Waals surface area contributed by atoms with E-state index in [0.29, 0.717) is 12.2 Å². The third-order valence-electron chi connectivity index (χ3n) is 4.25. The number of esters is 1. The number of nitrogens with zero attached hydrogens (tertiary/aromatic N) is 2. The first-order valence-electron chi connectivity index (χ1n) is 8.06. The minimum Gasteiger partial charge on any atom is -0.459 e. The summed E-state index contributed by atoms with van der Waals surface area (Å²) in [6.07, 6.45) is 4.78. The smallest absolute Gasteiger partial charge is 0.341 e. The van der Waals surface area contributed by atoms with Crippen LogP contribution >= 0.6 is 0 Å². The van der Waals surface area contributed by atoms with E-state index in [1.54, 1.807) is 10.9 Å². The van der Waals surface area contributed by atoms with E-state index in [4.69, 9.17) is 9.47 Å². The second kappa shape index (κ2) is 6.96. The molecule has 0 aliphatic carbocycles. The third kappa shape index (κ3) is 3.45. The number of carbonyl (C=O) groups is 1. The highest BCUT2D eigenvalue weighted by molar-refractivity contribution is 5.90. The van der Waals surface area contributed by atoms with Crippen LogP contribution in [-0.4, -0.2) is 35.1 Å². The zero-order valence-electron chi connectivity index (χ0n) is 13.6. The lowest BCUT2D eigenvalue weighted by Gasteiger charge is -2.22. The average molecular weight is 314 g/mol. The Kier molecular flexibility index (Phi) is 4.76. The fourth-order valence-corrected chi connectivity index (χ4v) is 2.84. The van der Waals surface area contributed by atoms with Gasteiger partial charge in [0.25, 0.3) is 0 Å². The number of ether oxygens (including phenoxy) is 2. The molecule has 1 aliphatic heterocycles. The van der Waals surface area contributed by atoms with Crippen LogP contribution in [0.25, 0.3) is 5.69 Å². The monoisotopic (exact) mass is 314 g/mol. The Morgan fingerprint density at radius 2 is 2.17 bits per heavy atom. The van der Waals surface area contributed by atoms with E-state index in [9.17, 15) is 4.79 Å². The summed E-state index contributed by atoms with van der Waals surface area (Å²) in [7, 11) is 0. The SMILES string of the molecule is Cc1ccccc1-n1ncc(C(=O)OCC2CCCCO2)c1C. The molecule has 1 atom stereocenters. The quantitative estimate of drug-likeness (QED) is 0.813. The molecule has 0 saturated carbocycles. The lowest BCUT2D eigenvalue weighted by molar-refractivity contribution is -0.0300. The Balaban J connectivity index is 1.71. The number of hydrogen-bond acceptors (Lipinski definition) is 4. The summed E-state index contributed by atoms with van der Waals surface area (Å²) in [4.78, 5) is 12.3. The van der Waals surface area contributed by atoms with E-state index in [1.165, 1.54) is 0 Å². The van der Waals surface area contributed by atoms with Gasteiger partial charge in [-0.3, -0.25) is 0 Å². The molecule has 5 nitrogen and oxygen atoms in total. The topological polar surface area (TPSA) is 53.4 Å². The van der Waals surface area contributed by atoms with Gasteiger partial charge in [0.2, 0.25) is 0 Å². The number of hydrogen-bond donors (Lipinski definition) is 0. The van der Waals surface area contributed by atoms with Gasteiger partial charge in [0.05, 0.1) is 23.7 Å². The molecule has 2 aromatic rings. The molecule has 0 spiro atoms. The van der Waals surface area contributed by atoms with Crippen LogP contribution in [0.2, 0.25) is 0 Å². The van der Waals surface area contributed by atoms with Crippen molar-refractivity contribution in [3.8, 4) is 5.69 Å². The normalized spacial score (nSPS) is 17.9. The molecule has 0 N–H and O–H groups in total. The molecule has 122 valence electrons. The van der Waals surface area contributed by atoms with Gasteiger partial charge in [-0.05, 0) is 44.7 Å². The second-order valence-electron chi connectivity index (χ2n) is 5.93. The number of benzene rings is 1. The first kappa shape index (κ1) is 15.7. The zero-order valence-corrected chi connectivity index (χ0v) is 13.6. The van der Waals surface area contributed by atoms with Crippen molar-refractivity contribution in [2.75, 3.05) is 13.2 Å². The van der Waals surface area contributed by atoms with Crippen molar-refractivity contribution in [1.82, 2.24) is 9.78 Å². The largest absolute Gasteiger partial charge is 0.459 e.